The van der Waals surface area contributed by atoms with Gasteiger partial charge < -0.3 is 10.1 Å². The third kappa shape index (κ3) is 5.43. The monoisotopic (exact) mass is 514 g/mol. The SMILES string of the molecule is Cn1nc(-c2c(F)cccc2F)nc1Sc1ccc(COC2(Cl)C=C(C(F)(F)F)C=CN2)cc1. The van der Waals surface area contributed by atoms with Crippen LogP contribution in [0.1, 0.15) is 5.56 Å². The number of hydrogen-bond donors (Lipinski definition) is 1. The third-order valence-electron chi connectivity index (χ3n) is 4.70. The van der Waals surface area contributed by atoms with Crippen molar-refractivity contribution in [2.75, 3.05) is 0 Å². The van der Waals surface area contributed by atoms with Gasteiger partial charge in [0.25, 0.3) is 0 Å². The van der Waals surface area contributed by atoms with E-state index in [9.17, 15) is 22.0 Å². The van der Waals surface area contributed by atoms with Crippen LogP contribution in [0.25, 0.3) is 11.4 Å². The number of benzene rings is 2. The van der Waals surface area contributed by atoms with E-state index in [1.54, 1.807) is 31.3 Å². The predicted molar refractivity (Wildman–Crippen MR) is 117 cm³/mol. The Bertz CT molecular complexity index is 1240. The van der Waals surface area contributed by atoms with Gasteiger partial charge in [-0.1, -0.05) is 41.6 Å². The van der Waals surface area contributed by atoms with Crippen LogP contribution >= 0.6 is 23.4 Å². The van der Waals surface area contributed by atoms with E-state index in [1.165, 1.54) is 22.5 Å². The summed E-state index contributed by atoms with van der Waals surface area (Å²) in [5, 5.41) is 5.23. The van der Waals surface area contributed by atoms with E-state index in [0.717, 1.165) is 35.4 Å². The molecule has 2 heterocycles. The summed E-state index contributed by atoms with van der Waals surface area (Å²) in [5.41, 5.74) is -0.553. The number of rotatable bonds is 6. The number of allylic oxidation sites excluding steroid dienone is 2. The van der Waals surface area contributed by atoms with E-state index in [-0.39, 0.29) is 18.0 Å². The molecule has 5 nitrogen and oxygen atoms in total. The first-order chi connectivity index (χ1) is 16.0. The van der Waals surface area contributed by atoms with Gasteiger partial charge in [-0.15, -0.1) is 0 Å². The zero-order valence-corrected chi connectivity index (χ0v) is 19.0. The predicted octanol–water partition coefficient (Wildman–Crippen LogP) is 5.93. The number of nitrogens with zero attached hydrogens (tertiary/aromatic N) is 3. The lowest BCUT2D eigenvalue weighted by atomic mass is 10.2. The molecule has 0 radical (unpaired) electrons. The number of dihydropyridines is 1. The molecule has 1 aromatic heterocycles. The Balaban J connectivity index is 1.43. The Hall–Kier alpha value is -2.89. The second-order valence-electron chi connectivity index (χ2n) is 7.19. The van der Waals surface area contributed by atoms with Gasteiger partial charge >= 0.3 is 6.18 Å². The van der Waals surface area contributed by atoms with Crippen molar-refractivity contribution in [3.05, 3.63) is 83.6 Å². The molecule has 0 spiro atoms. The van der Waals surface area contributed by atoms with Gasteiger partial charge in [0.15, 0.2) is 11.0 Å². The van der Waals surface area contributed by atoms with Crippen LogP contribution < -0.4 is 5.32 Å². The summed E-state index contributed by atoms with van der Waals surface area (Å²) in [7, 11) is 1.61. The topological polar surface area (TPSA) is 52.0 Å². The number of nitrogens with one attached hydrogen (secondary N) is 1. The van der Waals surface area contributed by atoms with E-state index < -0.39 is 28.6 Å². The van der Waals surface area contributed by atoms with Crippen molar-refractivity contribution in [1.82, 2.24) is 20.1 Å². The van der Waals surface area contributed by atoms with Crippen LogP contribution in [0.4, 0.5) is 22.0 Å². The number of alkyl halides is 4. The van der Waals surface area contributed by atoms with Gasteiger partial charge in [-0.05, 0) is 42.0 Å². The number of aryl methyl sites for hydroxylation is 1. The second-order valence-corrected chi connectivity index (χ2v) is 8.80. The number of hydrogen-bond acceptors (Lipinski definition) is 5. The summed E-state index contributed by atoms with van der Waals surface area (Å²) in [6.07, 6.45) is -1.83. The summed E-state index contributed by atoms with van der Waals surface area (Å²) < 4.78 is 73.7. The minimum Gasteiger partial charge on any atom is -0.348 e. The highest BCUT2D eigenvalue weighted by atomic mass is 35.5. The molecule has 4 rings (SSSR count). The molecule has 178 valence electrons. The average molecular weight is 515 g/mol. The normalized spacial score (nSPS) is 18.0. The lowest BCUT2D eigenvalue weighted by molar-refractivity contribution is -0.0910. The lowest BCUT2D eigenvalue weighted by Crippen LogP contribution is -2.40. The van der Waals surface area contributed by atoms with Crippen LogP contribution in [0.2, 0.25) is 0 Å². The summed E-state index contributed by atoms with van der Waals surface area (Å²) in [6.45, 7) is -0.0579. The highest BCUT2D eigenvalue weighted by molar-refractivity contribution is 7.99. The maximum atomic E-state index is 14.0. The molecule has 1 unspecified atom stereocenters. The molecule has 0 aliphatic carbocycles. The van der Waals surface area contributed by atoms with Crippen LogP contribution in [-0.4, -0.2) is 26.1 Å². The molecule has 1 aliphatic rings. The van der Waals surface area contributed by atoms with Gasteiger partial charge in [0.2, 0.25) is 5.18 Å². The molecular formula is C22H16ClF5N4OS. The molecule has 0 saturated heterocycles. The number of aromatic nitrogens is 3. The van der Waals surface area contributed by atoms with Crippen molar-refractivity contribution in [2.24, 2.45) is 7.05 Å². The standard InChI is InChI=1S/C22H16ClF5N4OS/c1-32-20(30-19(31-32)18-16(24)3-2-4-17(18)25)34-15-7-5-13(6-8-15)12-33-21(23)11-14(9-10-29-21)22(26,27)28/h2-11,29H,12H2,1H3. The second kappa shape index (κ2) is 9.40. The quantitative estimate of drug-likeness (QED) is 0.251. The molecule has 0 saturated carbocycles. The van der Waals surface area contributed by atoms with E-state index in [0.29, 0.717) is 10.7 Å². The van der Waals surface area contributed by atoms with Gasteiger partial charge in [-0.2, -0.15) is 18.3 Å². The zero-order valence-electron chi connectivity index (χ0n) is 17.4. The molecule has 1 atom stereocenters. The Morgan fingerprint density at radius 1 is 1.12 bits per heavy atom. The molecule has 12 heteroatoms. The lowest BCUT2D eigenvalue weighted by Gasteiger charge is -2.28. The number of ether oxygens (including phenoxy) is 1. The van der Waals surface area contributed by atoms with Crippen molar-refractivity contribution in [3.63, 3.8) is 0 Å². The molecule has 1 aliphatic heterocycles. The van der Waals surface area contributed by atoms with Gasteiger partial charge in [0.1, 0.15) is 11.6 Å². The minimum atomic E-state index is -4.54. The number of halogens is 6. The first kappa shape index (κ1) is 24.2. The zero-order chi connectivity index (χ0) is 24.5. The highest BCUT2D eigenvalue weighted by Gasteiger charge is 2.38. The molecule has 34 heavy (non-hydrogen) atoms. The van der Waals surface area contributed by atoms with Crippen molar-refractivity contribution in [3.8, 4) is 11.4 Å². The van der Waals surface area contributed by atoms with Crippen LogP contribution in [0, 0.1) is 11.6 Å². The third-order valence-corrected chi connectivity index (χ3v) is 6.08. The molecule has 1 N–H and O–H groups in total. The summed E-state index contributed by atoms with van der Waals surface area (Å²) in [6, 6.07) is 10.4. The van der Waals surface area contributed by atoms with E-state index in [2.05, 4.69) is 15.4 Å². The van der Waals surface area contributed by atoms with Crippen molar-refractivity contribution in [2.45, 2.75) is 28.0 Å². The van der Waals surface area contributed by atoms with Gasteiger partial charge in [-0.3, -0.25) is 0 Å². The fraction of sp³-hybridized carbons (Fsp3) is 0.182. The molecular weight excluding hydrogens is 499 g/mol. The van der Waals surface area contributed by atoms with Crippen molar-refractivity contribution < 1.29 is 26.7 Å². The van der Waals surface area contributed by atoms with Crippen molar-refractivity contribution >= 4 is 23.4 Å². The minimum absolute atomic E-state index is 0.0579. The molecule has 2 aromatic carbocycles. The Kier molecular flexibility index (Phi) is 6.70. The van der Waals surface area contributed by atoms with Gasteiger partial charge in [0, 0.05) is 18.1 Å². The van der Waals surface area contributed by atoms with E-state index >= 15 is 0 Å². The van der Waals surface area contributed by atoms with Crippen LogP contribution in [-0.2, 0) is 18.4 Å². The Labute approximate surface area is 200 Å². The largest absolute Gasteiger partial charge is 0.416 e. The molecule has 3 aromatic rings. The highest BCUT2D eigenvalue weighted by Crippen LogP contribution is 2.33. The van der Waals surface area contributed by atoms with Gasteiger partial charge in [-0.25, -0.2) is 18.4 Å². The fourth-order valence-electron chi connectivity index (χ4n) is 3.02. The van der Waals surface area contributed by atoms with Crippen LogP contribution in [0.3, 0.4) is 0 Å². The Morgan fingerprint density at radius 2 is 1.79 bits per heavy atom. The Morgan fingerprint density at radius 3 is 2.44 bits per heavy atom. The van der Waals surface area contributed by atoms with Gasteiger partial charge in [0.05, 0.1) is 17.7 Å². The average Bonchev–Trinajstić information content (AvgIpc) is 3.12. The summed E-state index contributed by atoms with van der Waals surface area (Å²) in [5.74, 6) is -1.59. The van der Waals surface area contributed by atoms with Crippen LogP contribution in [0.5, 0.6) is 0 Å². The maximum absolute atomic E-state index is 14.0. The van der Waals surface area contributed by atoms with E-state index in [1.807, 2.05) is 0 Å². The van der Waals surface area contributed by atoms with E-state index in [4.69, 9.17) is 16.3 Å². The summed E-state index contributed by atoms with van der Waals surface area (Å²) >= 11 is 7.34. The molecule has 0 bridgehead atoms. The molecule has 0 amide bonds. The maximum Gasteiger partial charge on any atom is 0.416 e. The molecule has 0 fully saturated rings. The first-order valence-electron chi connectivity index (χ1n) is 9.73. The smallest absolute Gasteiger partial charge is 0.348 e. The van der Waals surface area contributed by atoms with Crippen LogP contribution in [0.15, 0.2) is 76.4 Å². The first-order valence-corrected chi connectivity index (χ1v) is 10.9. The van der Waals surface area contributed by atoms with Crippen molar-refractivity contribution in [1.29, 1.82) is 0 Å². The fourth-order valence-corrected chi connectivity index (χ4v) is 4.04. The summed E-state index contributed by atoms with van der Waals surface area (Å²) in [4.78, 5) is 4.98.